The molecule has 1 aromatic heterocycles. The Labute approximate surface area is 116 Å². The Morgan fingerprint density at radius 3 is 2.55 bits per heavy atom. The molecule has 7 heteroatoms. The fraction of sp³-hybridized carbons (Fsp3) is 0.615. The molecule has 0 aromatic carbocycles. The molecule has 1 unspecified atom stereocenters. The number of hydrogen-bond donors (Lipinski definition) is 1. The maximum Gasteiger partial charge on any atom is 0.411 e. The van der Waals surface area contributed by atoms with E-state index >= 15 is 0 Å². The lowest BCUT2D eigenvalue weighted by Gasteiger charge is -2.16. The quantitative estimate of drug-likeness (QED) is 0.873. The summed E-state index contributed by atoms with van der Waals surface area (Å²) in [5.74, 6) is 0.721. The number of alkyl halides is 3. The molecule has 0 aliphatic heterocycles. The summed E-state index contributed by atoms with van der Waals surface area (Å²) in [4.78, 5) is 4.25. The molecule has 0 saturated heterocycles. The van der Waals surface area contributed by atoms with E-state index in [1.165, 1.54) is 0 Å². The van der Waals surface area contributed by atoms with Gasteiger partial charge in [0.1, 0.15) is 12.4 Å². The molecule has 0 radical (unpaired) electrons. The maximum atomic E-state index is 11.9. The minimum absolute atomic E-state index is 0.170. The largest absolute Gasteiger partial charge is 0.496 e. The van der Waals surface area contributed by atoms with Crippen molar-refractivity contribution >= 4 is 0 Å². The summed E-state index contributed by atoms with van der Waals surface area (Å²) >= 11 is 0. The Morgan fingerprint density at radius 1 is 1.35 bits per heavy atom. The summed E-state index contributed by atoms with van der Waals surface area (Å²) in [6.07, 6.45) is -2.34. The SMILES string of the molecule is COc1c(C)cnc(CC(N)COCC(F)(F)F)c1C. The highest BCUT2D eigenvalue weighted by atomic mass is 19.4. The summed E-state index contributed by atoms with van der Waals surface area (Å²) in [7, 11) is 1.56. The van der Waals surface area contributed by atoms with E-state index in [0.717, 1.165) is 16.9 Å². The monoisotopic (exact) mass is 292 g/mol. The van der Waals surface area contributed by atoms with Crippen LogP contribution in [0.25, 0.3) is 0 Å². The molecule has 20 heavy (non-hydrogen) atoms. The zero-order valence-electron chi connectivity index (χ0n) is 11.8. The van der Waals surface area contributed by atoms with E-state index in [2.05, 4.69) is 9.72 Å². The van der Waals surface area contributed by atoms with Gasteiger partial charge < -0.3 is 15.2 Å². The van der Waals surface area contributed by atoms with Gasteiger partial charge in [-0.25, -0.2) is 0 Å². The lowest BCUT2D eigenvalue weighted by Crippen LogP contribution is -2.31. The molecule has 0 saturated carbocycles. The first kappa shape index (κ1) is 16.7. The highest BCUT2D eigenvalue weighted by Crippen LogP contribution is 2.24. The number of aromatic nitrogens is 1. The number of hydrogen-bond acceptors (Lipinski definition) is 4. The molecule has 1 heterocycles. The fourth-order valence-corrected chi connectivity index (χ4v) is 1.91. The molecular formula is C13H19F3N2O2. The Balaban J connectivity index is 2.60. The molecule has 1 atom stereocenters. The van der Waals surface area contributed by atoms with Gasteiger partial charge >= 0.3 is 6.18 Å². The summed E-state index contributed by atoms with van der Waals surface area (Å²) in [6.45, 7) is 2.26. The van der Waals surface area contributed by atoms with Gasteiger partial charge in [-0.05, 0) is 13.8 Å². The van der Waals surface area contributed by atoms with Crippen molar-refractivity contribution in [1.82, 2.24) is 4.98 Å². The zero-order valence-corrected chi connectivity index (χ0v) is 11.8. The Hall–Kier alpha value is -1.34. The summed E-state index contributed by atoms with van der Waals surface area (Å²) in [5, 5.41) is 0. The zero-order chi connectivity index (χ0) is 15.3. The summed E-state index contributed by atoms with van der Waals surface area (Å²) < 4.78 is 45.6. The summed E-state index contributed by atoms with van der Waals surface area (Å²) in [6, 6.07) is -0.545. The predicted octanol–water partition coefficient (Wildman–Crippen LogP) is 2.16. The van der Waals surface area contributed by atoms with Crippen LogP contribution in [0.2, 0.25) is 0 Å². The van der Waals surface area contributed by atoms with Crippen LogP contribution in [0.3, 0.4) is 0 Å². The van der Waals surface area contributed by atoms with Crippen LogP contribution < -0.4 is 10.5 Å². The van der Waals surface area contributed by atoms with Gasteiger partial charge in [-0.15, -0.1) is 0 Å². The van der Waals surface area contributed by atoms with Gasteiger partial charge in [-0.1, -0.05) is 0 Å². The highest BCUT2D eigenvalue weighted by molar-refractivity contribution is 5.41. The molecule has 2 N–H and O–H groups in total. The molecule has 1 rings (SSSR count). The van der Waals surface area contributed by atoms with Gasteiger partial charge in [0.25, 0.3) is 0 Å². The van der Waals surface area contributed by atoms with E-state index in [-0.39, 0.29) is 6.61 Å². The molecule has 0 aliphatic carbocycles. The fourth-order valence-electron chi connectivity index (χ4n) is 1.91. The third-order valence-electron chi connectivity index (χ3n) is 2.80. The van der Waals surface area contributed by atoms with Crippen molar-refractivity contribution in [3.8, 4) is 5.75 Å². The molecule has 0 amide bonds. The van der Waals surface area contributed by atoms with Crippen LogP contribution in [-0.2, 0) is 11.2 Å². The number of nitrogens with zero attached hydrogens (tertiary/aromatic N) is 1. The van der Waals surface area contributed by atoms with E-state index in [1.54, 1.807) is 13.3 Å². The van der Waals surface area contributed by atoms with Gasteiger partial charge in [0, 0.05) is 35.5 Å². The van der Waals surface area contributed by atoms with E-state index in [9.17, 15) is 13.2 Å². The van der Waals surface area contributed by atoms with Crippen molar-refractivity contribution < 1.29 is 22.6 Å². The van der Waals surface area contributed by atoms with Crippen molar-refractivity contribution in [1.29, 1.82) is 0 Å². The lowest BCUT2D eigenvalue weighted by atomic mass is 10.1. The number of pyridine rings is 1. The highest BCUT2D eigenvalue weighted by Gasteiger charge is 2.27. The minimum Gasteiger partial charge on any atom is -0.496 e. The first-order valence-corrected chi connectivity index (χ1v) is 6.13. The number of aryl methyl sites for hydroxylation is 1. The Morgan fingerprint density at radius 2 is 2.00 bits per heavy atom. The second-order valence-electron chi connectivity index (χ2n) is 4.64. The molecule has 4 nitrogen and oxygen atoms in total. The number of nitrogens with two attached hydrogens (primary N) is 1. The van der Waals surface area contributed by atoms with Gasteiger partial charge in [0.05, 0.1) is 13.7 Å². The van der Waals surface area contributed by atoms with Crippen LogP contribution in [0, 0.1) is 13.8 Å². The van der Waals surface area contributed by atoms with Crippen LogP contribution in [-0.4, -0.2) is 37.5 Å². The molecule has 0 bridgehead atoms. The van der Waals surface area contributed by atoms with E-state index in [0.29, 0.717) is 12.1 Å². The van der Waals surface area contributed by atoms with Gasteiger partial charge in [0.15, 0.2) is 0 Å². The van der Waals surface area contributed by atoms with Crippen molar-refractivity contribution in [2.75, 3.05) is 20.3 Å². The second-order valence-corrected chi connectivity index (χ2v) is 4.64. The first-order chi connectivity index (χ1) is 9.24. The Kier molecular flexibility index (Phi) is 5.76. The van der Waals surface area contributed by atoms with Crippen LogP contribution in [0.15, 0.2) is 6.20 Å². The molecule has 0 fully saturated rings. The maximum absolute atomic E-state index is 11.9. The topological polar surface area (TPSA) is 57.4 Å². The summed E-state index contributed by atoms with van der Waals surface area (Å²) in [5.41, 5.74) is 8.21. The number of methoxy groups -OCH3 is 1. The second kappa shape index (κ2) is 6.90. The molecule has 0 spiro atoms. The van der Waals surface area contributed by atoms with Crippen molar-refractivity contribution in [2.24, 2.45) is 5.73 Å². The molecule has 1 aromatic rings. The van der Waals surface area contributed by atoms with Crippen molar-refractivity contribution in [3.63, 3.8) is 0 Å². The molecular weight excluding hydrogens is 273 g/mol. The van der Waals surface area contributed by atoms with Crippen LogP contribution >= 0.6 is 0 Å². The van der Waals surface area contributed by atoms with Gasteiger partial charge in [-0.3, -0.25) is 4.98 Å². The van der Waals surface area contributed by atoms with E-state index < -0.39 is 18.8 Å². The Bertz CT molecular complexity index is 450. The minimum atomic E-state index is -4.33. The first-order valence-electron chi connectivity index (χ1n) is 6.13. The number of halogens is 3. The van der Waals surface area contributed by atoms with E-state index in [4.69, 9.17) is 10.5 Å². The van der Waals surface area contributed by atoms with Crippen LogP contribution in [0.5, 0.6) is 5.75 Å². The van der Waals surface area contributed by atoms with Crippen molar-refractivity contribution in [3.05, 3.63) is 23.0 Å². The van der Waals surface area contributed by atoms with Crippen LogP contribution in [0.1, 0.15) is 16.8 Å². The van der Waals surface area contributed by atoms with Crippen LogP contribution in [0.4, 0.5) is 13.2 Å². The molecule has 114 valence electrons. The van der Waals surface area contributed by atoms with Crippen molar-refractivity contribution in [2.45, 2.75) is 32.5 Å². The average molecular weight is 292 g/mol. The number of rotatable bonds is 6. The normalized spacial score (nSPS) is 13.3. The predicted molar refractivity (Wildman–Crippen MR) is 68.8 cm³/mol. The standard InChI is InChI=1S/C13H19F3N2O2/c1-8-5-18-11(9(2)12(8)19-3)4-10(17)6-20-7-13(14,15)16/h5,10H,4,6-7,17H2,1-3H3. The lowest BCUT2D eigenvalue weighted by molar-refractivity contribution is -0.174. The van der Waals surface area contributed by atoms with E-state index in [1.807, 2.05) is 13.8 Å². The number of ether oxygens (including phenoxy) is 2. The average Bonchev–Trinajstić information content (AvgIpc) is 2.32. The van der Waals surface area contributed by atoms with Gasteiger partial charge in [-0.2, -0.15) is 13.2 Å². The third-order valence-corrected chi connectivity index (χ3v) is 2.80. The van der Waals surface area contributed by atoms with Gasteiger partial charge in [0.2, 0.25) is 0 Å². The molecule has 0 aliphatic rings. The smallest absolute Gasteiger partial charge is 0.411 e. The third kappa shape index (κ3) is 4.97.